The van der Waals surface area contributed by atoms with E-state index in [2.05, 4.69) is 23.3 Å². The predicted octanol–water partition coefficient (Wildman–Crippen LogP) is 4.51. The van der Waals surface area contributed by atoms with Crippen LogP contribution in [0.25, 0.3) is 0 Å². The minimum atomic E-state index is 0.488. The molecule has 1 heterocycles. The van der Waals surface area contributed by atoms with E-state index < -0.39 is 0 Å². The maximum Gasteiger partial charge on any atom is 0.163 e. The number of hydrogen-bond acceptors (Lipinski definition) is 3. The lowest BCUT2D eigenvalue weighted by Gasteiger charge is -2.07. The molecule has 1 rings (SSSR count). The van der Waals surface area contributed by atoms with Gasteiger partial charge in [-0.3, -0.25) is 0 Å². The molecule has 3 heteroatoms. The van der Waals surface area contributed by atoms with Crippen LogP contribution in [0, 0.1) is 11.3 Å². The Kier molecular flexibility index (Phi) is 8.46. The normalized spacial score (nSPS) is 10.1. The first kappa shape index (κ1) is 15.5. The second kappa shape index (κ2) is 10.4. The molecule has 0 spiro atoms. The molecule has 0 radical (unpaired) electrons. The van der Waals surface area contributed by atoms with Gasteiger partial charge in [0.15, 0.2) is 5.69 Å². The van der Waals surface area contributed by atoms with E-state index in [0.717, 1.165) is 18.7 Å². The zero-order valence-corrected chi connectivity index (χ0v) is 12.0. The van der Waals surface area contributed by atoms with Gasteiger partial charge in [-0.1, -0.05) is 51.9 Å². The number of nitriles is 1. The Bertz CT molecular complexity index is 382. The topological polar surface area (TPSA) is 48.7 Å². The van der Waals surface area contributed by atoms with E-state index in [4.69, 9.17) is 5.26 Å². The molecule has 0 aliphatic carbocycles. The smallest absolute Gasteiger partial charge is 0.163 e. The van der Waals surface area contributed by atoms with Crippen LogP contribution in [0.2, 0.25) is 0 Å². The second-order valence-corrected chi connectivity index (χ2v) is 4.91. The lowest BCUT2D eigenvalue weighted by molar-refractivity contribution is 0.581. The summed E-state index contributed by atoms with van der Waals surface area (Å²) in [7, 11) is 0. The number of rotatable bonds is 10. The largest absolute Gasteiger partial charge is 0.383 e. The number of anilines is 1. The molecule has 0 atom stereocenters. The molecule has 19 heavy (non-hydrogen) atoms. The van der Waals surface area contributed by atoms with Crippen molar-refractivity contribution in [2.24, 2.45) is 0 Å². The SMILES string of the molecule is CCCCCCCCCCNc1cccnc1C#N. The van der Waals surface area contributed by atoms with Crippen LogP contribution >= 0.6 is 0 Å². The number of aromatic nitrogens is 1. The van der Waals surface area contributed by atoms with Crippen molar-refractivity contribution in [2.45, 2.75) is 58.3 Å². The quantitative estimate of drug-likeness (QED) is 0.629. The van der Waals surface area contributed by atoms with Gasteiger partial charge in [0.05, 0.1) is 5.69 Å². The summed E-state index contributed by atoms with van der Waals surface area (Å²) < 4.78 is 0. The molecule has 0 saturated carbocycles. The molecule has 0 aliphatic heterocycles. The summed E-state index contributed by atoms with van der Waals surface area (Å²) in [5.41, 5.74) is 1.34. The van der Waals surface area contributed by atoms with Crippen molar-refractivity contribution in [3.8, 4) is 6.07 Å². The molecule has 0 fully saturated rings. The summed E-state index contributed by atoms with van der Waals surface area (Å²) in [4.78, 5) is 4.03. The maximum absolute atomic E-state index is 8.91. The summed E-state index contributed by atoms with van der Waals surface area (Å²) in [6.45, 7) is 3.18. The van der Waals surface area contributed by atoms with Crippen LogP contribution in [-0.4, -0.2) is 11.5 Å². The fourth-order valence-electron chi connectivity index (χ4n) is 2.12. The van der Waals surface area contributed by atoms with E-state index in [1.807, 2.05) is 12.1 Å². The molecule has 0 unspecified atom stereocenters. The molecule has 0 amide bonds. The van der Waals surface area contributed by atoms with Crippen LogP contribution in [0.5, 0.6) is 0 Å². The number of pyridine rings is 1. The van der Waals surface area contributed by atoms with Gasteiger partial charge >= 0.3 is 0 Å². The van der Waals surface area contributed by atoms with E-state index in [9.17, 15) is 0 Å². The zero-order chi connectivity index (χ0) is 13.8. The summed E-state index contributed by atoms with van der Waals surface area (Å²) in [6, 6.07) is 5.87. The Labute approximate surface area is 117 Å². The zero-order valence-electron chi connectivity index (χ0n) is 12.0. The minimum absolute atomic E-state index is 0.488. The summed E-state index contributed by atoms with van der Waals surface area (Å²) in [5.74, 6) is 0. The number of unbranched alkanes of at least 4 members (excludes halogenated alkanes) is 7. The van der Waals surface area contributed by atoms with Crippen molar-refractivity contribution in [3.05, 3.63) is 24.0 Å². The summed E-state index contributed by atoms with van der Waals surface area (Å²) in [6.07, 6.45) is 12.2. The second-order valence-electron chi connectivity index (χ2n) is 4.91. The molecule has 1 aromatic heterocycles. The van der Waals surface area contributed by atoms with Gasteiger partial charge in [0.2, 0.25) is 0 Å². The molecular formula is C16H25N3. The first-order valence-electron chi connectivity index (χ1n) is 7.47. The maximum atomic E-state index is 8.91. The highest BCUT2D eigenvalue weighted by atomic mass is 14.9. The first-order chi connectivity index (χ1) is 9.38. The molecule has 3 nitrogen and oxygen atoms in total. The Morgan fingerprint density at radius 3 is 2.47 bits per heavy atom. The highest BCUT2D eigenvalue weighted by Gasteiger charge is 2.00. The van der Waals surface area contributed by atoms with Crippen molar-refractivity contribution >= 4 is 5.69 Å². The van der Waals surface area contributed by atoms with Gasteiger partial charge in [0, 0.05) is 12.7 Å². The standard InChI is InChI=1S/C16H25N3/c1-2-3-4-5-6-7-8-9-12-18-15-11-10-13-19-16(15)14-17/h10-11,13,18H,2-9,12H2,1H3. The predicted molar refractivity (Wildman–Crippen MR) is 80.1 cm³/mol. The average Bonchev–Trinajstić information content (AvgIpc) is 2.46. The van der Waals surface area contributed by atoms with E-state index in [-0.39, 0.29) is 0 Å². The lowest BCUT2D eigenvalue weighted by atomic mass is 10.1. The number of nitrogens with zero attached hydrogens (tertiary/aromatic N) is 2. The Hall–Kier alpha value is -1.56. The van der Waals surface area contributed by atoms with Crippen molar-refractivity contribution in [1.82, 2.24) is 4.98 Å². The van der Waals surface area contributed by atoms with Crippen LogP contribution in [0.3, 0.4) is 0 Å². The summed E-state index contributed by atoms with van der Waals surface area (Å²) in [5, 5.41) is 12.2. The highest BCUT2D eigenvalue weighted by molar-refractivity contribution is 5.53. The molecule has 0 aliphatic rings. The molecule has 0 aromatic carbocycles. The molecule has 0 saturated heterocycles. The van der Waals surface area contributed by atoms with Gasteiger partial charge in [-0.05, 0) is 18.6 Å². The van der Waals surface area contributed by atoms with Crippen LogP contribution in [0.15, 0.2) is 18.3 Å². The van der Waals surface area contributed by atoms with Crippen molar-refractivity contribution in [2.75, 3.05) is 11.9 Å². The fraction of sp³-hybridized carbons (Fsp3) is 0.625. The van der Waals surface area contributed by atoms with Gasteiger partial charge < -0.3 is 5.32 Å². The minimum Gasteiger partial charge on any atom is -0.383 e. The van der Waals surface area contributed by atoms with Gasteiger partial charge in [-0.2, -0.15) is 5.26 Å². The highest BCUT2D eigenvalue weighted by Crippen LogP contribution is 2.12. The molecule has 104 valence electrons. The summed E-state index contributed by atoms with van der Waals surface area (Å²) >= 11 is 0. The first-order valence-corrected chi connectivity index (χ1v) is 7.47. The lowest BCUT2D eigenvalue weighted by Crippen LogP contribution is -2.03. The Morgan fingerprint density at radius 1 is 1.11 bits per heavy atom. The van der Waals surface area contributed by atoms with Crippen LogP contribution in [-0.2, 0) is 0 Å². The third-order valence-corrected chi connectivity index (χ3v) is 3.26. The molecular weight excluding hydrogens is 234 g/mol. The monoisotopic (exact) mass is 259 g/mol. The third-order valence-electron chi connectivity index (χ3n) is 3.26. The van der Waals surface area contributed by atoms with E-state index >= 15 is 0 Å². The Balaban J connectivity index is 2.03. The van der Waals surface area contributed by atoms with Gasteiger partial charge in [-0.25, -0.2) is 4.98 Å². The molecule has 0 bridgehead atoms. The van der Waals surface area contributed by atoms with Crippen LogP contribution in [0.4, 0.5) is 5.69 Å². The Morgan fingerprint density at radius 2 is 1.79 bits per heavy atom. The molecule has 1 N–H and O–H groups in total. The average molecular weight is 259 g/mol. The fourth-order valence-corrected chi connectivity index (χ4v) is 2.12. The van der Waals surface area contributed by atoms with Crippen molar-refractivity contribution < 1.29 is 0 Å². The van der Waals surface area contributed by atoms with E-state index in [1.54, 1.807) is 6.20 Å². The third kappa shape index (κ3) is 6.81. The van der Waals surface area contributed by atoms with Gasteiger partial charge in [0.25, 0.3) is 0 Å². The van der Waals surface area contributed by atoms with Crippen molar-refractivity contribution in [1.29, 1.82) is 5.26 Å². The molecule has 1 aromatic rings. The number of nitrogens with one attached hydrogen (secondary N) is 1. The van der Waals surface area contributed by atoms with Crippen molar-refractivity contribution in [3.63, 3.8) is 0 Å². The van der Waals surface area contributed by atoms with Crippen LogP contribution < -0.4 is 5.32 Å². The number of hydrogen-bond donors (Lipinski definition) is 1. The van der Waals surface area contributed by atoms with E-state index in [1.165, 1.54) is 44.9 Å². The van der Waals surface area contributed by atoms with E-state index in [0.29, 0.717) is 5.69 Å². The van der Waals surface area contributed by atoms with Crippen LogP contribution in [0.1, 0.15) is 64.0 Å². The van der Waals surface area contributed by atoms with Gasteiger partial charge in [-0.15, -0.1) is 0 Å². The van der Waals surface area contributed by atoms with Gasteiger partial charge in [0.1, 0.15) is 6.07 Å².